The summed E-state index contributed by atoms with van der Waals surface area (Å²) in [6.45, 7) is 0. The molecule has 9 aromatic rings. The van der Waals surface area contributed by atoms with E-state index in [1.807, 2.05) is 6.07 Å². The molecule has 0 atom stereocenters. The summed E-state index contributed by atoms with van der Waals surface area (Å²) < 4.78 is 2.28. The van der Waals surface area contributed by atoms with E-state index in [0.29, 0.717) is 5.95 Å². The Balaban J connectivity index is 1.51. The second-order valence-electron chi connectivity index (χ2n) is 10.7. The first-order chi connectivity index (χ1) is 20.3. The molecule has 0 fully saturated rings. The van der Waals surface area contributed by atoms with Gasteiger partial charge in [-0.05, 0) is 39.7 Å². The molecule has 0 spiro atoms. The first-order valence-electron chi connectivity index (χ1n) is 13.9. The summed E-state index contributed by atoms with van der Waals surface area (Å²) in [5.41, 5.74) is 5.21. The summed E-state index contributed by atoms with van der Waals surface area (Å²) in [5, 5.41) is 10.6. The van der Waals surface area contributed by atoms with Gasteiger partial charge >= 0.3 is 0 Å². The van der Waals surface area contributed by atoms with Crippen molar-refractivity contribution in [3.05, 3.63) is 140 Å². The molecule has 3 heteroatoms. The first-order valence-corrected chi connectivity index (χ1v) is 13.9. The molecule has 0 aliphatic rings. The van der Waals surface area contributed by atoms with E-state index in [0.717, 1.165) is 38.6 Å². The van der Waals surface area contributed by atoms with Crippen molar-refractivity contribution in [3.8, 4) is 17.2 Å². The summed E-state index contributed by atoms with van der Waals surface area (Å²) in [6.07, 6.45) is 0. The molecule has 2 heterocycles. The van der Waals surface area contributed by atoms with Gasteiger partial charge in [-0.1, -0.05) is 121 Å². The van der Waals surface area contributed by atoms with Crippen LogP contribution in [-0.2, 0) is 0 Å². The van der Waals surface area contributed by atoms with E-state index in [-0.39, 0.29) is 0 Å². The molecule has 0 radical (unpaired) electrons. The minimum absolute atomic E-state index is 0.680. The lowest BCUT2D eigenvalue weighted by Gasteiger charge is -2.14. The van der Waals surface area contributed by atoms with Gasteiger partial charge in [-0.15, -0.1) is 0 Å². The number of fused-ring (bicyclic) bond motifs is 9. The van der Waals surface area contributed by atoms with E-state index in [2.05, 4.69) is 138 Å². The predicted octanol–water partition coefficient (Wildman–Crippen LogP) is 9.85. The molecular formula is C38H23N3. The van der Waals surface area contributed by atoms with Gasteiger partial charge in [0.05, 0.1) is 22.2 Å². The monoisotopic (exact) mass is 521 g/mol. The van der Waals surface area contributed by atoms with E-state index < -0.39 is 0 Å². The molecular weight excluding hydrogens is 498 g/mol. The summed E-state index contributed by atoms with van der Waals surface area (Å²) in [6, 6.07) is 49.5. The van der Waals surface area contributed by atoms with Crippen LogP contribution in [0, 0.1) is 0 Å². The van der Waals surface area contributed by atoms with E-state index >= 15 is 0 Å². The molecule has 0 N–H and O–H groups in total. The molecule has 0 saturated heterocycles. The highest BCUT2D eigenvalue weighted by molar-refractivity contribution is 6.20. The van der Waals surface area contributed by atoms with Gasteiger partial charge in [-0.25, -0.2) is 9.97 Å². The molecule has 0 bridgehead atoms. The predicted molar refractivity (Wildman–Crippen MR) is 172 cm³/mol. The van der Waals surface area contributed by atoms with E-state index in [9.17, 15) is 0 Å². The highest BCUT2D eigenvalue weighted by Crippen LogP contribution is 2.39. The van der Waals surface area contributed by atoms with Crippen LogP contribution in [0.3, 0.4) is 0 Å². The molecule has 0 aliphatic carbocycles. The van der Waals surface area contributed by atoms with Crippen LogP contribution in [-0.4, -0.2) is 14.5 Å². The average Bonchev–Trinajstić information content (AvgIpc) is 3.37. The van der Waals surface area contributed by atoms with Crippen molar-refractivity contribution >= 4 is 65.0 Å². The maximum atomic E-state index is 5.37. The van der Waals surface area contributed by atoms with Crippen molar-refractivity contribution in [2.75, 3.05) is 0 Å². The molecule has 41 heavy (non-hydrogen) atoms. The largest absolute Gasteiger partial charge is 0.277 e. The fourth-order valence-corrected chi connectivity index (χ4v) is 6.44. The molecule has 2 aromatic heterocycles. The normalized spacial score (nSPS) is 11.9. The molecule has 0 aliphatic heterocycles. The van der Waals surface area contributed by atoms with Crippen molar-refractivity contribution in [2.24, 2.45) is 0 Å². The summed E-state index contributed by atoms with van der Waals surface area (Å²) in [4.78, 5) is 10.7. The van der Waals surface area contributed by atoms with Crippen molar-refractivity contribution < 1.29 is 0 Å². The summed E-state index contributed by atoms with van der Waals surface area (Å²) >= 11 is 0. The minimum Gasteiger partial charge on any atom is -0.277 e. The van der Waals surface area contributed by atoms with Crippen molar-refractivity contribution in [2.45, 2.75) is 0 Å². The number of hydrogen-bond donors (Lipinski definition) is 0. The number of nitrogens with zero attached hydrogens (tertiary/aromatic N) is 3. The van der Waals surface area contributed by atoms with Crippen LogP contribution in [0.5, 0.6) is 0 Å². The Kier molecular flexibility index (Phi) is 4.61. The van der Waals surface area contributed by atoms with Crippen molar-refractivity contribution in [3.63, 3.8) is 0 Å². The lowest BCUT2D eigenvalue weighted by atomic mass is 10.0. The number of benzene rings is 7. The smallest absolute Gasteiger partial charge is 0.235 e. The molecule has 190 valence electrons. The van der Waals surface area contributed by atoms with Gasteiger partial charge in [0, 0.05) is 32.5 Å². The topological polar surface area (TPSA) is 30.7 Å². The van der Waals surface area contributed by atoms with Gasteiger partial charge in [0.2, 0.25) is 5.95 Å². The minimum atomic E-state index is 0.680. The Bertz CT molecular complexity index is 2470. The van der Waals surface area contributed by atoms with Gasteiger partial charge in [-0.2, -0.15) is 0 Å². The van der Waals surface area contributed by atoms with Gasteiger partial charge in [0.25, 0.3) is 0 Å². The van der Waals surface area contributed by atoms with Gasteiger partial charge in [0.1, 0.15) is 0 Å². The van der Waals surface area contributed by atoms with Crippen LogP contribution < -0.4 is 0 Å². The lowest BCUT2D eigenvalue weighted by Crippen LogP contribution is -2.04. The number of aromatic nitrogens is 3. The Labute approximate surface area is 235 Å². The number of hydrogen-bond acceptors (Lipinski definition) is 2. The third-order valence-corrected chi connectivity index (χ3v) is 8.35. The zero-order valence-corrected chi connectivity index (χ0v) is 22.1. The average molecular weight is 522 g/mol. The zero-order valence-electron chi connectivity index (χ0n) is 22.1. The van der Waals surface area contributed by atoms with Crippen LogP contribution >= 0.6 is 0 Å². The van der Waals surface area contributed by atoms with Crippen LogP contribution in [0.2, 0.25) is 0 Å². The highest BCUT2D eigenvalue weighted by Gasteiger charge is 2.20. The fraction of sp³-hybridized carbons (Fsp3) is 0. The molecule has 7 aromatic carbocycles. The molecule has 0 unspecified atom stereocenters. The van der Waals surface area contributed by atoms with Crippen LogP contribution in [0.4, 0.5) is 0 Å². The van der Waals surface area contributed by atoms with Gasteiger partial charge < -0.3 is 0 Å². The van der Waals surface area contributed by atoms with Crippen LogP contribution in [0.25, 0.3) is 82.2 Å². The standard InChI is InChI=1S/C38H23N3/c1-2-12-26(13-3-1)35-32-21-19-24-10-6-8-16-29(24)36(32)40-38(39-35)41-34-23-28-15-5-4-14-27(28)22-33(34)31-20-18-25-11-7-9-17-30(25)37(31)41/h1-23H. The second-order valence-corrected chi connectivity index (χ2v) is 10.7. The Morgan fingerprint density at radius 2 is 1.02 bits per heavy atom. The maximum Gasteiger partial charge on any atom is 0.235 e. The Hall–Kier alpha value is -5.54. The molecule has 0 amide bonds. The SMILES string of the molecule is c1ccc(-c2nc(-n3c4cc5ccccc5cc4c4ccc5ccccc5c43)nc3c2ccc2ccccc23)cc1. The Morgan fingerprint density at radius 3 is 1.80 bits per heavy atom. The second kappa shape index (κ2) is 8.48. The third kappa shape index (κ3) is 3.26. The quantitative estimate of drug-likeness (QED) is 0.212. The Morgan fingerprint density at radius 1 is 0.415 bits per heavy atom. The summed E-state index contributed by atoms with van der Waals surface area (Å²) in [5.74, 6) is 0.680. The first kappa shape index (κ1) is 22.3. The highest BCUT2D eigenvalue weighted by atomic mass is 15.2. The lowest BCUT2D eigenvalue weighted by molar-refractivity contribution is 1.02. The van der Waals surface area contributed by atoms with Gasteiger partial charge in [0.15, 0.2) is 0 Å². The summed E-state index contributed by atoms with van der Waals surface area (Å²) in [7, 11) is 0. The molecule has 3 nitrogen and oxygen atoms in total. The number of rotatable bonds is 2. The van der Waals surface area contributed by atoms with Crippen molar-refractivity contribution in [1.29, 1.82) is 0 Å². The fourth-order valence-electron chi connectivity index (χ4n) is 6.44. The van der Waals surface area contributed by atoms with Gasteiger partial charge in [-0.3, -0.25) is 4.57 Å². The van der Waals surface area contributed by atoms with E-state index in [4.69, 9.17) is 9.97 Å². The third-order valence-electron chi connectivity index (χ3n) is 8.35. The van der Waals surface area contributed by atoms with E-state index in [1.54, 1.807) is 0 Å². The van der Waals surface area contributed by atoms with E-state index in [1.165, 1.54) is 37.7 Å². The molecule has 9 rings (SSSR count). The molecule has 0 saturated carbocycles. The van der Waals surface area contributed by atoms with Crippen LogP contribution in [0.1, 0.15) is 0 Å². The zero-order chi connectivity index (χ0) is 26.9. The maximum absolute atomic E-state index is 5.37. The van der Waals surface area contributed by atoms with Crippen LogP contribution in [0.15, 0.2) is 140 Å². The van der Waals surface area contributed by atoms with Crippen molar-refractivity contribution in [1.82, 2.24) is 14.5 Å².